The summed E-state index contributed by atoms with van der Waals surface area (Å²) in [6.45, 7) is 3.90. The minimum atomic E-state index is -0.0787. The minimum Gasteiger partial charge on any atom is -0.310 e. The molecular formula is C19H21N5O. The number of nitrogens with one attached hydrogen (secondary N) is 1. The third-order valence-corrected chi connectivity index (χ3v) is 5.33. The van der Waals surface area contributed by atoms with E-state index in [-0.39, 0.29) is 11.6 Å². The van der Waals surface area contributed by atoms with Gasteiger partial charge in [0.2, 0.25) is 0 Å². The highest BCUT2D eigenvalue weighted by molar-refractivity contribution is 5.78. The van der Waals surface area contributed by atoms with Crippen LogP contribution >= 0.6 is 0 Å². The lowest BCUT2D eigenvalue weighted by Crippen LogP contribution is -2.13. The summed E-state index contributed by atoms with van der Waals surface area (Å²) in [6, 6.07) is 4.25. The molecule has 6 nitrogen and oxygen atoms in total. The molecule has 0 saturated heterocycles. The van der Waals surface area contributed by atoms with Crippen molar-refractivity contribution in [2.24, 2.45) is 0 Å². The first kappa shape index (κ1) is 14.8. The summed E-state index contributed by atoms with van der Waals surface area (Å²) >= 11 is 0. The maximum Gasteiger partial charge on any atom is 0.262 e. The van der Waals surface area contributed by atoms with E-state index in [2.05, 4.69) is 34.0 Å². The van der Waals surface area contributed by atoms with Crippen LogP contribution in [0, 0.1) is 6.92 Å². The highest BCUT2D eigenvalue weighted by Crippen LogP contribution is 2.42. The average Bonchev–Trinajstić information content (AvgIpc) is 3.51. The maximum absolute atomic E-state index is 12.5. The molecule has 1 unspecified atom stereocenters. The van der Waals surface area contributed by atoms with Crippen molar-refractivity contribution in [2.75, 3.05) is 0 Å². The number of fused-ring (bicyclic) bond motifs is 1. The molecule has 2 saturated carbocycles. The van der Waals surface area contributed by atoms with E-state index in [1.54, 1.807) is 0 Å². The Morgan fingerprint density at radius 3 is 2.60 bits per heavy atom. The standard InChI is InChI=1S/C19H21N5O/c1-10(14-7-8-15(20-9-14)12-3-4-12)24-18-16(17(23-24)13-5-6-13)19(25)22-11(2)21-18/h7-10,12-13H,3-6H2,1-2H3,(H,21,22,25). The lowest BCUT2D eigenvalue weighted by Gasteiger charge is -2.13. The Hall–Kier alpha value is -2.50. The molecule has 3 heterocycles. The molecule has 2 fully saturated rings. The highest BCUT2D eigenvalue weighted by Gasteiger charge is 2.32. The molecule has 5 rings (SSSR count). The summed E-state index contributed by atoms with van der Waals surface area (Å²) in [6.07, 6.45) is 6.66. The monoisotopic (exact) mass is 335 g/mol. The second kappa shape index (κ2) is 5.25. The zero-order valence-corrected chi connectivity index (χ0v) is 14.5. The summed E-state index contributed by atoms with van der Waals surface area (Å²) in [5, 5.41) is 5.46. The van der Waals surface area contributed by atoms with Gasteiger partial charge < -0.3 is 4.98 Å². The van der Waals surface area contributed by atoms with Crippen molar-refractivity contribution in [1.29, 1.82) is 0 Å². The first-order valence-corrected chi connectivity index (χ1v) is 9.06. The van der Waals surface area contributed by atoms with E-state index in [4.69, 9.17) is 5.10 Å². The number of pyridine rings is 1. The van der Waals surface area contributed by atoms with Crippen molar-refractivity contribution >= 4 is 11.0 Å². The second-order valence-corrected chi connectivity index (χ2v) is 7.42. The summed E-state index contributed by atoms with van der Waals surface area (Å²) in [7, 11) is 0. The van der Waals surface area contributed by atoms with Gasteiger partial charge in [0.25, 0.3) is 5.56 Å². The number of aromatic amines is 1. The lowest BCUT2D eigenvalue weighted by atomic mass is 10.1. The third kappa shape index (κ3) is 2.47. The predicted molar refractivity (Wildman–Crippen MR) is 94.9 cm³/mol. The number of hydrogen-bond donors (Lipinski definition) is 1. The fraction of sp³-hybridized carbons (Fsp3) is 0.474. The topological polar surface area (TPSA) is 76.5 Å². The molecule has 0 aromatic carbocycles. The van der Waals surface area contributed by atoms with Crippen LogP contribution < -0.4 is 5.56 Å². The maximum atomic E-state index is 12.5. The van der Waals surface area contributed by atoms with Crippen molar-refractivity contribution in [3.8, 4) is 0 Å². The molecule has 6 heteroatoms. The van der Waals surface area contributed by atoms with Gasteiger partial charge in [0.05, 0.1) is 11.7 Å². The van der Waals surface area contributed by atoms with E-state index in [0.717, 1.165) is 24.1 Å². The number of rotatable bonds is 4. The van der Waals surface area contributed by atoms with Crippen LogP contribution in [0.5, 0.6) is 0 Å². The zero-order chi connectivity index (χ0) is 17.1. The van der Waals surface area contributed by atoms with Crippen LogP contribution in [0.3, 0.4) is 0 Å². The average molecular weight is 335 g/mol. The van der Waals surface area contributed by atoms with Gasteiger partial charge in [0.15, 0.2) is 5.65 Å². The Balaban J connectivity index is 1.62. The van der Waals surface area contributed by atoms with Crippen LogP contribution in [0.1, 0.15) is 73.3 Å². The Morgan fingerprint density at radius 1 is 1.20 bits per heavy atom. The molecule has 1 atom stereocenters. The van der Waals surface area contributed by atoms with Crippen molar-refractivity contribution in [3.63, 3.8) is 0 Å². The summed E-state index contributed by atoms with van der Waals surface area (Å²) < 4.78 is 1.90. The lowest BCUT2D eigenvalue weighted by molar-refractivity contribution is 0.568. The molecule has 2 aliphatic carbocycles. The van der Waals surface area contributed by atoms with E-state index in [9.17, 15) is 4.79 Å². The molecule has 2 aliphatic rings. The molecule has 25 heavy (non-hydrogen) atoms. The van der Waals surface area contributed by atoms with E-state index in [0.29, 0.717) is 28.7 Å². The van der Waals surface area contributed by atoms with E-state index in [1.165, 1.54) is 18.5 Å². The van der Waals surface area contributed by atoms with Crippen molar-refractivity contribution in [1.82, 2.24) is 24.7 Å². The highest BCUT2D eigenvalue weighted by atomic mass is 16.1. The normalized spacial score (nSPS) is 18.6. The van der Waals surface area contributed by atoms with Gasteiger partial charge in [0.1, 0.15) is 11.2 Å². The molecular weight excluding hydrogens is 314 g/mol. The number of hydrogen-bond acceptors (Lipinski definition) is 4. The fourth-order valence-electron chi connectivity index (χ4n) is 3.52. The Kier molecular flexibility index (Phi) is 3.11. The Morgan fingerprint density at radius 2 is 1.96 bits per heavy atom. The Labute approximate surface area is 145 Å². The van der Waals surface area contributed by atoms with E-state index >= 15 is 0 Å². The largest absolute Gasteiger partial charge is 0.310 e. The van der Waals surface area contributed by atoms with E-state index < -0.39 is 0 Å². The molecule has 0 amide bonds. The van der Waals surface area contributed by atoms with Crippen LogP contribution in [0.25, 0.3) is 11.0 Å². The van der Waals surface area contributed by atoms with Crippen molar-refractivity contribution in [3.05, 3.63) is 51.5 Å². The minimum absolute atomic E-state index is 0.00977. The summed E-state index contributed by atoms with van der Waals surface area (Å²) in [4.78, 5) is 24.5. The van der Waals surface area contributed by atoms with Crippen LogP contribution in [-0.4, -0.2) is 24.7 Å². The smallest absolute Gasteiger partial charge is 0.262 e. The van der Waals surface area contributed by atoms with Crippen LogP contribution in [-0.2, 0) is 0 Å². The van der Waals surface area contributed by atoms with E-state index in [1.807, 2.05) is 17.8 Å². The number of aromatic nitrogens is 5. The van der Waals surface area contributed by atoms with Gasteiger partial charge >= 0.3 is 0 Å². The fourth-order valence-corrected chi connectivity index (χ4v) is 3.52. The number of nitrogens with zero attached hydrogens (tertiary/aromatic N) is 4. The molecule has 128 valence electrons. The first-order valence-electron chi connectivity index (χ1n) is 9.06. The second-order valence-electron chi connectivity index (χ2n) is 7.42. The van der Waals surface area contributed by atoms with Gasteiger partial charge in [-0.3, -0.25) is 9.78 Å². The molecule has 3 aromatic rings. The van der Waals surface area contributed by atoms with Crippen molar-refractivity contribution in [2.45, 2.75) is 57.4 Å². The quantitative estimate of drug-likeness (QED) is 0.794. The van der Waals surface area contributed by atoms with Gasteiger partial charge in [-0.15, -0.1) is 0 Å². The zero-order valence-electron chi connectivity index (χ0n) is 14.5. The first-order chi connectivity index (χ1) is 12.1. The van der Waals surface area contributed by atoms with Gasteiger partial charge in [0, 0.05) is 23.7 Å². The van der Waals surface area contributed by atoms with Crippen LogP contribution in [0.4, 0.5) is 0 Å². The summed E-state index contributed by atoms with van der Waals surface area (Å²) in [5.41, 5.74) is 3.78. The Bertz CT molecular complexity index is 1010. The molecule has 0 radical (unpaired) electrons. The van der Waals surface area contributed by atoms with Gasteiger partial charge in [-0.2, -0.15) is 5.10 Å². The van der Waals surface area contributed by atoms with Crippen molar-refractivity contribution < 1.29 is 0 Å². The van der Waals surface area contributed by atoms with Gasteiger partial charge in [-0.05, 0) is 51.2 Å². The molecule has 1 N–H and O–H groups in total. The predicted octanol–water partition coefficient (Wildman–Crippen LogP) is 3.19. The van der Waals surface area contributed by atoms with Crippen LogP contribution in [0.2, 0.25) is 0 Å². The molecule has 0 bridgehead atoms. The van der Waals surface area contributed by atoms with Gasteiger partial charge in [-0.25, -0.2) is 9.67 Å². The summed E-state index contributed by atoms with van der Waals surface area (Å²) in [5.74, 6) is 1.67. The molecule has 0 spiro atoms. The van der Waals surface area contributed by atoms with Gasteiger partial charge in [-0.1, -0.05) is 6.07 Å². The SMILES string of the molecule is Cc1nc2c(c(C3CC3)nn2C(C)c2ccc(C3CC3)nc2)c(=O)[nH]1. The number of aryl methyl sites for hydroxylation is 1. The molecule has 0 aliphatic heterocycles. The van der Waals surface area contributed by atoms with Crippen LogP contribution in [0.15, 0.2) is 23.1 Å². The molecule has 3 aromatic heterocycles. The third-order valence-electron chi connectivity index (χ3n) is 5.33. The number of H-pyrrole nitrogens is 1.